The van der Waals surface area contributed by atoms with Gasteiger partial charge in [0, 0.05) is 32.2 Å². The van der Waals surface area contributed by atoms with Gasteiger partial charge in [0.15, 0.2) is 0 Å². The highest BCUT2D eigenvalue weighted by atomic mass is 32.2. The lowest BCUT2D eigenvalue weighted by atomic mass is 9.94. The van der Waals surface area contributed by atoms with Crippen molar-refractivity contribution in [2.75, 3.05) is 33.3 Å². The summed E-state index contributed by atoms with van der Waals surface area (Å²) in [7, 11) is -2.01. The van der Waals surface area contributed by atoms with Crippen LogP contribution in [0, 0.1) is 0 Å². The molecular formula is C19H27N3O4S. The number of rotatable bonds is 4. The Bertz CT molecular complexity index is 790. The third kappa shape index (κ3) is 3.40. The van der Waals surface area contributed by atoms with Crippen LogP contribution in [-0.4, -0.2) is 73.9 Å². The van der Waals surface area contributed by atoms with Crippen LogP contribution in [0.5, 0.6) is 5.75 Å². The number of benzene rings is 1. The minimum atomic E-state index is -3.56. The number of hydrogen-bond donors (Lipinski definition) is 0. The van der Waals surface area contributed by atoms with Crippen LogP contribution in [0.2, 0.25) is 0 Å². The van der Waals surface area contributed by atoms with E-state index in [2.05, 4.69) is 0 Å². The van der Waals surface area contributed by atoms with Gasteiger partial charge in [-0.05, 0) is 37.1 Å². The van der Waals surface area contributed by atoms with E-state index in [1.165, 1.54) is 23.6 Å². The van der Waals surface area contributed by atoms with E-state index in [9.17, 15) is 13.2 Å². The maximum atomic E-state index is 13.0. The van der Waals surface area contributed by atoms with Crippen molar-refractivity contribution in [1.82, 2.24) is 14.1 Å². The molecule has 8 heteroatoms. The smallest absolute Gasteiger partial charge is 0.320 e. The molecule has 2 amide bonds. The van der Waals surface area contributed by atoms with Gasteiger partial charge in [0.05, 0.1) is 18.0 Å². The van der Waals surface area contributed by atoms with Crippen LogP contribution in [0.3, 0.4) is 0 Å². The largest absolute Gasteiger partial charge is 0.497 e. The number of fused-ring (bicyclic) bond motifs is 1. The van der Waals surface area contributed by atoms with Gasteiger partial charge in [-0.25, -0.2) is 13.2 Å². The molecule has 3 aliphatic rings. The number of piperazine rings is 1. The highest BCUT2D eigenvalue weighted by Gasteiger charge is 2.45. The summed E-state index contributed by atoms with van der Waals surface area (Å²) in [6.45, 7) is 1.80. The van der Waals surface area contributed by atoms with Crippen molar-refractivity contribution in [1.29, 1.82) is 0 Å². The molecular weight excluding hydrogens is 366 g/mol. The van der Waals surface area contributed by atoms with Gasteiger partial charge in [-0.15, -0.1) is 0 Å². The molecule has 148 valence electrons. The zero-order valence-corrected chi connectivity index (χ0v) is 16.5. The summed E-state index contributed by atoms with van der Waals surface area (Å²) in [5.41, 5.74) is 0. The number of amides is 2. The second-order valence-corrected chi connectivity index (χ2v) is 9.55. The molecule has 1 aromatic rings. The molecule has 7 nitrogen and oxygen atoms in total. The zero-order valence-electron chi connectivity index (χ0n) is 15.7. The van der Waals surface area contributed by atoms with E-state index in [1.807, 2.05) is 9.80 Å². The highest BCUT2D eigenvalue weighted by Crippen LogP contribution is 2.31. The maximum absolute atomic E-state index is 13.0. The zero-order chi connectivity index (χ0) is 19.0. The molecule has 2 aliphatic heterocycles. The number of methoxy groups -OCH3 is 1. The summed E-state index contributed by atoms with van der Waals surface area (Å²) in [5, 5.41) is 0. The minimum Gasteiger partial charge on any atom is -0.497 e. The number of ether oxygens (including phenoxy) is 1. The molecule has 2 heterocycles. The third-order valence-corrected chi connectivity index (χ3v) is 7.94. The molecule has 0 unspecified atom stereocenters. The molecule has 0 radical (unpaired) electrons. The van der Waals surface area contributed by atoms with Crippen LogP contribution in [0.4, 0.5) is 4.79 Å². The van der Waals surface area contributed by atoms with Crippen molar-refractivity contribution in [3.63, 3.8) is 0 Å². The summed E-state index contributed by atoms with van der Waals surface area (Å²) in [6.07, 6.45) is 5.74. The van der Waals surface area contributed by atoms with E-state index >= 15 is 0 Å². The normalized spacial score (nSPS) is 24.9. The van der Waals surface area contributed by atoms with Gasteiger partial charge in [0.25, 0.3) is 0 Å². The summed E-state index contributed by atoms with van der Waals surface area (Å²) >= 11 is 0. The predicted molar refractivity (Wildman–Crippen MR) is 101 cm³/mol. The first-order valence-corrected chi connectivity index (χ1v) is 11.2. The fourth-order valence-corrected chi connectivity index (χ4v) is 5.99. The van der Waals surface area contributed by atoms with Gasteiger partial charge >= 0.3 is 6.03 Å². The van der Waals surface area contributed by atoms with Crippen LogP contribution in [0.15, 0.2) is 29.2 Å². The van der Waals surface area contributed by atoms with Gasteiger partial charge in [0.2, 0.25) is 10.0 Å². The molecule has 0 spiro atoms. The molecule has 2 saturated heterocycles. The molecule has 27 heavy (non-hydrogen) atoms. The maximum Gasteiger partial charge on any atom is 0.320 e. The Morgan fingerprint density at radius 1 is 0.926 bits per heavy atom. The van der Waals surface area contributed by atoms with E-state index in [0.717, 1.165) is 12.8 Å². The first-order chi connectivity index (χ1) is 13.0. The van der Waals surface area contributed by atoms with E-state index in [0.29, 0.717) is 38.0 Å². The Labute approximate surface area is 160 Å². The summed E-state index contributed by atoms with van der Waals surface area (Å²) < 4.78 is 32.6. The fourth-order valence-electron chi connectivity index (χ4n) is 4.52. The second-order valence-electron chi connectivity index (χ2n) is 7.61. The third-order valence-electron chi connectivity index (χ3n) is 6.06. The lowest BCUT2D eigenvalue weighted by Crippen LogP contribution is -2.53. The standard InChI is InChI=1S/C19H27N3O4S/c1-26-17-7-9-18(10-8-17)27(24,25)20-11-12-21-16(13-20)14-22(19(21)23)15-5-3-2-4-6-15/h7-10,15-16H,2-6,11-14H2,1H3/t16-/m1/s1. The Hall–Kier alpha value is -1.80. The number of carbonyl (C=O) groups is 1. The minimum absolute atomic E-state index is 0.0544. The SMILES string of the molecule is COc1ccc(S(=O)(=O)N2CCN3C(=O)N(C4CCCCC4)C[C@H]3C2)cc1. The molecule has 0 bridgehead atoms. The van der Waals surface area contributed by atoms with Gasteiger partial charge in [0.1, 0.15) is 5.75 Å². The first kappa shape index (κ1) is 18.6. The lowest BCUT2D eigenvalue weighted by molar-refractivity contribution is 0.151. The average Bonchev–Trinajstić information content (AvgIpc) is 3.05. The van der Waals surface area contributed by atoms with Crippen molar-refractivity contribution in [2.24, 2.45) is 0 Å². The second kappa shape index (κ2) is 7.31. The van der Waals surface area contributed by atoms with Crippen LogP contribution in [0.1, 0.15) is 32.1 Å². The number of sulfonamides is 1. The van der Waals surface area contributed by atoms with Crippen LogP contribution < -0.4 is 4.74 Å². The van der Waals surface area contributed by atoms with Gasteiger partial charge < -0.3 is 14.5 Å². The van der Waals surface area contributed by atoms with Crippen molar-refractivity contribution in [3.05, 3.63) is 24.3 Å². The highest BCUT2D eigenvalue weighted by molar-refractivity contribution is 7.89. The predicted octanol–water partition coefficient (Wildman–Crippen LogP) is 2.14. The van der Waals surface area contributed by atoms with Crippen molar-refractivity contribution < 1.29 is 17.9 Å². The van der Waals surface area contributed by atoms with E-state index in [4.69, 9.17) is 4.74 Å². The first-order valence-electron chi connectivity index (χ1n) is 9.72. The van der Waals surface area contributed by atoms with Gasteiger partial charge in [-0.2, -0.15) is 4.31 Å². The van der Waals surface area contributed by atoms with E-state index in [-0.39, 0.29) is 17.0 Å². The van der Waals surface area contributed by atoms with Crippen LogP contribution in [-0.2, 0) is 10.0 Å². The van der Waals surface area contributed by atoms with E-state index < -0.39 is 10.0 Å². The van der Waals surface area contributed by atoms with Crippen molar-refractivity contribution >= 4 is 16.1 Å². The number of hydrogen-bond acceptors (Lipinski definition) is 4. The van der Waals surface area contributed by atoms with Crippen LogP contribution >= 0.6 is 0 Å². The topological polar surface area (TPSA) is 70.2 Å². The van der Waals surface area contributed by atoms with Crippen molar-refractivity contribution in [3.8, 4) is 5.75 Å². The average molecular weight is 394 g/mol. The Morgan fingerprint density at radius 3 is 2.30 bits per heavy atom. The Kier molecular flexibility index (Phi) is 5.03. The van der Waals surface area contributed by atoms with Crippen LogP contribution in [0.25, 0.3) is 0 Å². The molecule has 3 fully saturated rings. The molecule has 1 atom stereocenters. The fraction of sp³-hybridized carbons (Fsp3) is 0.632. The number of urea groups is 1. The quantitative estimate of drug-likeness (QED) is 0.786. The Morgan fingerprint density at radius 2 is 1.63 bits per heavy atom. The summed E-state index contributed by atoms with van der Waals surface area (Å²) in [6, 6.07) is 6.83. The lowest BCUT2D eigenvalue weighted by Gasteiger charge is -2.35. The molecule has 1 aliphatic carbocycles. The molecule has 0 N–H and O–H groups in total. The molecule has 4 rings (SSSR count). The van der Waals surface area contributed by atoms with E-state index in [1.54, 1.807) is 31.4 Å². The summed E-state index contributed by atoms with van der Waals surface area (Å²) in [4.78, 5) is 16.9. The van der Waals surface area contributed by atoms with Crippen molar-refractivity contribution in [2.45, 2.75) is 49.1 Å². The molecule has 1 aromatic carbocycles. The van der Waals surface area contributed by atoms with Gasteiger partial charge in [-0.1, -0.05) is 19.3 Å². The Balaban J connectivity index is 1.48. The number of nitrogens with zero attached hydrogens (tertiary/aromatic N) is 3. The number of carbonyl (C=O) groups excluding carboxylic acids is 1. The van der Waals surface area contributed by atoms with Gasteiger partial charge in [-0.3, -0.25) is 0 Å². The molecule has 1 saturated carbocycles. The monoisotopic (exact) mass is 393 g/mol. The molecule has 0 aromatic heterocycles. The summed E-state index contributed by atoms with van der Waals surface area (Å²) in [5.74, 6) is 0.628.